The molecule has 8 nitrogen and oxygen atoms in total. The highest BCUT2D eigenvalue weighted by molar-refractivity contribution is 5.85. The van der Waals surface area contributed by atoms with E-state index in [1.165, 1.54) is 12.8 Å². The van der Waals surface area contributed by atoms with E-state index in [4.69, 9.17) is 9.72 Å². The minimum absolute atomic E-state index is 0.0755. The molecule has 3 aromatic rings. The molecule has 4 heterocycles. The van der Waals surface area contributed by atoms with E-state index in [2.05, 4.69) is 24.8 Å². The van der Waals surface area contributed by atoms with Crippen molar-refractivity contribution < 1.29 is 9.53 Å². The molecule has 1 atom stereocenters. The molecule has 0 saturated carbocycles. The summed E-state index contributed by atoms with van der Waals surface area (Å²) in [6.45, 7) is 2.96. The summed E-state index contributed by atoms with van der Waals surface area (Å²) in [5.74, 6) is 2.76. The summed E-state index contributed by atoms with van der Waals surface area (Å²) in [7, 11) is 1.65. The minimum Gasteiger partial charge on any atom is -0.496 e. The fourth-order valence-corrected chi connectivity index (χ4v) is 4.92. The third kappa shape index (κ3) is 4.01. The number of aromatic nitrogens is 4. The molecule has 1 N–H and O–H groups in total. The lowest BCUT2D eigenvalue weighted by atomic mass is 9.97. The van der Waals surface area contributed by atoms with Crippen LogP contribution in [0.2, 0.25) is 0 Å². The van der Waals surface area contributed by atoms with Crippen LogP contribution < -0.4 is 15.0 Å². The van der Waals surface area contributed by atoms with Gasteiger partial charge in [-0.15, -0.1) is 0 Å². The predicted octanol–water partition coefficient (Wildman–Crippen LogP) is 3.09. The van der Waals surface area contributed by atoms with Gasteiger partial charge in [0.15, 0.2) is 17.0 Å². The van der Waals surface area contributed by atoms with Gasteiger partial charge in [0.05, 0.1) is 13.0 Å². The predicted molar refractivity (Wildman–Crippen MR) is 123 cm³/mol. The Morgan fingerprint density at radius 2 is 2.06 bits per heavy atom. The molecule has 1 aromatic carbocycles. The van der Waals surface area contributed by atoms with E-state index in [0.717, 1.165) is 72.9 Å². The van der Waals surface area contributed by atoms with Crippen LogP contribution >= 0.6 is 0 Å². The Labute approximate surface area is 188 Å². The Morgan fingerprint density at radius 1 is 1.16 bits per heavy atom. The van der Waals surface area contributed by atoms with Gasteiger partial charge in [-0.1, -0.05) is 24.6 Å². The number of hydrogen-bond donors (Lipinski definition) is 1. The van der Waals surface area contributed by atoms with E-state index >= 15 is 0 Å². The number of para-hydroxylation sites is 1. The first-order valence-corrected chi connectivity index (χ1v) is 11.6. The topological polar surface area (TPSA) is 85.2 Å². The molecule has 0 bridgehead atoms. The maximum Gasteiger partial charge on any atom is 0.225 e. The second-order valence-corrected chi connectivity index (χ2v) is 8.67. The average molecular weight is 435 g/mol. The molecule has 1 amide bonds. The summed E-state index contributed by atoms with van der Waals surface area (Å²) in [6.07, 6.45) is 8.03. The van der Waals surface area contributed by atoms with Crippen LogP contribution in [0.4, 0.5) is 5.82 Å². The highest BCUT2D eigenvalue weighted by Crippen LogP contribution is 2.29. The molecule has 0 radical (unpaired) electrons. The Hall–Kier alpha value is -3.16. The van der Waals surface area contributed by atoms with Gasteiger partial charge in [0, 0.05) is 38.2 Å². The molecule has 0 aliphatic carbocycles. The van der Waals surface area contributed by atoms with Crippen molar-refractivity contribution in [2.24, 2.45) is 5.92 Å². The van der Waals surface area contributed by atoms with Gasteiger partial charge in [0.1, 0.15) is 17.9 Å². The van der Waals surface area contributed by atoms with Crippen molar-refractivity contribution in [3.05, 3.63) is 42.0 Å². The second kappa shape index (κ2) is 9.14. The molecule has 2 aliphatic heterocycles. The van der Waals surface area contributed by atoms with Crippen LogP contribution in [-0.2, 0) is 24.3 Å². The number of amides is 1. The summed E-state index contributed by atoms with van der Waals surface area (Å²) in [6, 6.07) is 7.78. The lowest BCUT2D eigenvalue weighted by Gasteiger charge is -2.32. The van der Waals surface area contributed by atoms with Crippen molar-refractivity contribution in [1.29, 1.82) is 0 Å². The SMILES string of the molecule is COc1ccccc1CNC(=O)[C@@H]1CCCN(c2ncnc3c2nc2n3CCCCC2)C1. The quantitative estimate of drug-likeness (QED) is 0.664. The van der Waals surface area contributed by atoms with Gasteiger partial charge in [0.25, 0.3) is 0 Å². The van der Waals surface area contributed by atoms with E-state index in [-0.39, 0.29) is 11.8 Å². The zero-order chi connectivity index (χ0) is 21.9. The average Bonchev–Trinajstić information content (AvgIpc) is 3.03. The normalized spacial score (nSPS) is 18.8. The van der Waals surface area contributed by atoms with Crippen molar-refractivity contribution in [2.75, 3.05) is 25.1 Å². The van der Waals surface area contributed by atoms with Crippen molar-refractivity contribution in [1.82, 2.24) is 24.8 Å². The molecule has 32 heavy (non-hydrogen) atoms. The summed E-state index contributed by atoms with van der Waals surface area (Å²) < 4.78 is 7.66. The number of nitrogens with zero attached hydrogens (tertiary/aromatic N) is 5. The van der Waals surface area contributed by atoms with Gasteiger partial charge >= 0.3 is 0 Å². The number of carbonyl (C=O) groups excluding carboxylic acids is 1. The number of aryl methyl sites for hydroxylation is 2. The van der Waals surface area contributed by atoms with Crippen LogP contribution in [0.1, 0.15) is 43.5 Å². The fraction of sp³-hybridized carbons (Fsp3) is 0.500. The first-order chi connectivity index (χ1) is 15.7. The zero-order valence-corrected chi connectivity index (χ0v) is 18.6. The number of fused-ring (bicyclic) bond motifs is 3. The van der Waals surface area contributed by atoms with Gasteiger partial charge in [-0.25, -0.2) is 15.0 Å². The van der Waals surface area contributed by atoms with Crippen LogP contribution in [0.3, 0.4) is 0 Å². The molecule has 1 saturated heterocycles. The summed E-state index contributed by atoms with van der Waals surface area (Å²) in [5, 5.41) is 3.10. The molecule has 0 spiro atoms. The molecule has 5 rings (SSSR count). The molecule has 0 unspecified atom stereocenters. The molecule has 2 aromatic heterocycles. The van der Waals surface area contributed by atoms with Gasteiger partial charge in [-0.05, 0) is 31.7 Å². The van der Waals surface area contributed by atoms with Crippen LogP contribution in [-0.4, -0.2) is 45.6 Å². The Kier molecular flexibility index (Phi) is 5.92. The van der Waals surface area contributed by atoms with Gasteiger partial charge in [0.2, 0.25) is 5.91 Å². The Balaban J connectivity index is 1.32. The van der Waals surface area contributed by atoms with E-state index in [0.29, 0.717) is 13.1 Å². The van der Waals surface area contributed by atoms with E-state index in [1.54, 1.807) is 13.4 Å². The molecular weight excluding hydrogens is 404 g/mol. The van der Waals surface area contributed by atoms with Gasteiger partial charge in [-0.3, -0.25) is 4.79 Å². The number of rotatable bonds is 5. The third-order valence-electron chi connectivity index (χ3n) is 6.61. The second-order valence-electron chi connectivity index (χ2n) is 8.67. The number of ether oxygens (including phenoxy) is 1. The minimum atomic E-state index is -0.0797. The Morgan fingerprint density at radius 3 is 2.97 bits per heavy atom. The number of anilines is 1. The van der Waals surface area contributed by atoms with Crippen molar-refractivity contribution in [2.45, 2.75) is 51.6 Å². The summed E-state index contributed by atoms with van der Waals surface area (Å²) >= 11 is 0. The van der Waals surface area contributed by atoms with Crippen molar-refractivity contribution in [3.63, 3.8) is 0 Å². The van der Waals surface area contributed by atoms with Crippen molar-refractivity contribution in [3.8, 4) is 5.75 Å². The maximum absolute atomic E-state index is 13.0. The van der Waals surface area contributed by atoms with Crippen molar-refractivity contribution >= 4 is 22.9 Å². The number of hydrogen-bond acceptors (Lipinski definition) is 6. The molecule has 168 valence electrons. The molecule has 1 fully saturated rings. The van der Waals surface area contributed by atoms with Crippen LogP contribution in [0.15, 0.2) is 30.6 Å². The highest BCUT2D eigenvalue weighted by atomic mass is 16.5. The first kappa shape index (κ1) is 20.7. The zero-order valence-electron chi connectivity index (χ0n) is 18.6. The lowest BCUT2D eigenvalue weighted by molar-refractivity contribution is -0.125. The number of carbonyl (C=O) groups is 1. The molecule has 8 heteroatoms. The van der Waals surface area contributed by atoms with Gasteiger partial charge in [-0.2, -0.15) is 0 Å². The smallest absolute Gasteiger partial charge is 0.225 e. The highest BCUT2D eigenvalue weighted by Gasteiger charge is 2.29. The monoisotopic (exact) mass is 434 g/mol. The molecule has 2 aliphatic rings. The Bertz CT molecular complexity index is 1110. The largest absolute Gasteiger partial charge is 0.496 e. The van der Waals surface area contributed by atoms with E-state index in [1.807, 2.05) is 24.3 Å². The lowest BCUT2D eigenvalue weighted by Crippen LogP contribution is -2.43. The maximum atomic E-state index is 13.0. The van der Waals surface area contributed by atoms with Gasteiger partial charge < -0.3 is 19.5 Å². The van der Waals surface area contributed by atoms with Crippen LogP contribution in [0.5, 0.6) is 5.75 Å². The standard InChI is InChI=1S/C24H30N6O2/c1-32-19-10-5-4-8-17(19)14-25-24(31)18-9-7-12-29(15-18)22-21-23(27-16-26-22)30-13-6-2-3-11-20(30)28-21/h4-5,8,10,16,18H,2-3,6-7,9,11-15H2,1H3,(H,25,31)/t18-/m1/s1. The third-order valence-corrected chi connectivity index (χ3v) is 6.61. The van der Waals surface area contributed by atoms with E-state index in [9.17, 15) is 4.79 Å². The molecular formula is C24H30N6O2. The number of imidazole rings is 1. The number of piperidine rings is 1. The summed E-state index contributed by atoms with van der Waals surface area (Å²) in [5.41, 5.74) is 2.78. The number of benzene rings is 1. The fourth-order valence-electron chi connectivity index (χ4n) is 4.92. The van der Waals surface area contributed by atoms with Crippen LogP contribution in [0.25, 0.3) is 11.2 Å². The number of methoxy groups -OCH3 is 1. The number of nitrogens with one attached hydrogen (secondary N) is 1. The summed E-state index contributed by atoms with van der Waals surface area (Å²) in [4.78, 5) is 29.3. The van der Waals surface area contributed by atoms with Crippen LogP contribution in [0, 0.1) is 5.92 Å². The first-order valence-electron chi connectivity index (χ1n) is 11.6. The van der Waals surface area contributed by atoms with E-state index < -0.39 is 0 Å².